The Kier molecular flexibility index (Phi) is 5.65. The highest BCUT2D eigenvalue weighted by Gasteiger charge is 2.27. The normalized spacial score (nSPS) is 23.1. The lowest BCUT2D eigenvalue weighted by atomic mass is 10.1. The van der Waals surface area contributed by atoms with E-state index in [1.54, 1.807) is 0 Å². The van der Waals surface area contributed by atoms with Crippen molar-refractivity contribution in [2.75, 3.05) is 51.3 Å². The van der Waals surface area contributed by atoms with E-state index in [0.29, 0.717) is 12.6 Å². The van der Waals surface area contributed by atoms with Crippen LogP contribution < -0.4 is 5.32 Å². The molecular formula is C18H27N3O2. The number of benzene rings is 1. The number of anilines is 1. The monoisotopic (exact) mass is 317 g/mol. The SMILES string of the molecule is CCc1cccc(NC(=O)CN2CCN([C@@H]3CCOC3)CC2)c1. The number of rotatable bonds is 5. The summed E-state index contributed by atoms with van der Waals surface area (Å²) in [7, 11) is 0. The Morgan fingerprint density at radius 2 is 2.13 bits per heavy atom. The first-order valence-electron chi connectivity index (χ1n) is 8.67. The smallest absolute Gasteiger partial charge is 0.238 e. The fourth-order valence-corrected chi connectivity index (χ4v) is 3.37. The van der Waals surface area contributed by atoms with Gasteiger partial charge >= 0.3 is 0 Å². The van der Waals surface area contributed by atoms with Crippen LogP contribution in [0.5, 0.6) is 0 Å². The number of carbonyl (C=O) groups excluding carboxylic acids is 1. The van der Waals surface area contributed by atoms with Crippen molar-refractivity contribution >= 4 is 11.6 Å². The molecule has 1 aromatic carbocycles. The van der Waals surface area contributed by atoms with Crippen molar-refractivity contribution in [1.82, 2.24) is 9.80 Å². The Morgan fingerprint density at radius 1 is 1.30 bits per heavy atom. The zero-order chi connectivity index (χ0) is 16.1. The molecule has 0 aliphatic carbocycles. The molecule has 1 atom stereocenters. The van der Waals surface area contributed by atoms with Crippen molar-refractivity contribution in [2.24, 2.45) is 0 Å². The molecule has 0 aromatic heterocycles. The molecule has 1 amide bonds. The summed E-state index contributed by atoms with van der Waals surface area (Å²) in [5.74, 6) is 0.0795. The molecule has 0 unspecified atom stereocenters. The van der Waals surface area contributed by atoms with E-state index in [1.165, 1.54) is 5.56 Å². The summed E-state index contributed by atoms with van der Waals surface area (Å²) in [4.78, 5) is 17.0. The Morgan fingerprint density at radius 3 is 2.83 bits per heavy atom. The van der Waals surface area contributed by atoms with Crippen LogP contribution >= 0.6 is 0 Å². The van der Waals surface area contributed by atoms with Gasteiger partial charge in [-0.1, -0.05) is 19.1 Å². The maximum absolute atomic E-state index is 12.2. The number of nitrogens with zero attached hydrogens (tertiary/aromatic N) is 2. The molecule has 2 aliphatic heterocycles. The van der Waals surface area contributed by atoms with E-state index in [1.807, 2.05) is 12.1 Å². The first kappa shape index (κ1) is 16.4. The van der Waals surface area contributed by atoms with Gasteiger partial charge < -0.3 is 10.1 Å². The number of hydrogen-bond donors (Lipinski definition) is 1. The highest BCUT2D eigenvalue weighted by Crippen LogP contribution is 2.15. The minimum absolute atomic E-state index is 0.0795. The third kappa shape index (κ3) is 4.53. The summed E-state index contributed by atoms with van der Waals surface area (Å²) in [6.07, 6.45) is 2.13. The second kappa shape index (κ2) is 7.90. The van der Waals surface area contributed by atoms with Gasteiger partial charge in [-0.15, -0.1) is 0 Å². The van der Waals surface area contributed by atoms with Crippen LogP contribution in [0.2, 0.25) is 0 Å². The minimum atomic E-state index is 0.0795. The van der Waals surface area contributed by atoms with E-state index < -0.39 is 0 Å². The molecular weight excluding hydrogens is 290 g/mol. The standard InChI is InChI=1S/C18H27N3O2/c1-2-15-4-3-5-16(12-15)19-18(22)13-20-7-9-21(10-8-20)17-6-11-23-14-17/h3-5,12,17H,2,6-11,13-14H2,1H3,(H,19,22)/t17-/m1/s1. The fraction of sp³-hybridized carbons (Fsp3) is 0.611. The quantitative estimate of drug-likeness (QED) is 0.896. The lowest BCUT2D eigenvalue weighted by Gasteiger charge is -2.37. The molecule has 23 heavy (non-hydrogen) atoms. The Labute approximate surface area is 138 Å². The van der Waals surface area contributed by atoms with Gasteiger partial charge in [0.05, 0.1) is 13.2 Å². The molecule has 3 rings (SSSR count). The van der Waals surface area contributed by atoms with Crippen LogP contribution in [-0.2, 0) is 16.0 Å². The zero-order valence-electron chi connectivity index (χ0n) is 14.0. The van der Waals surface area contributed by atoms with E-state index >= 15 is 0 Å². The second-order valence-electron chi connectivity index (χ2n) is 6.43. The first-order valence-corrected chi connectivity index (χ1v) is 8.67. The molecule has 126 valence electrons. The summed E-state index contributed by atoms with van der Waals surface area (Å²) < 4.78 is 5.47. The summed E-state index contributed by atoms with van der Waals surface area (Å²) in [6.45, 7) is 8.34. The zero-order valence-corrected chi connectivity index (χ0v) is 14.0. The van der Waals surface area contributed by atoms with E-state index in [0.717, 1.165) is 57.9 Å². The van der Waals surface area contributed by atoms with Crippen molar-refractivity contribution in [2.45, 2.75) is 25.8 Å². The number of aryl methyl sites for hydroxylation is 1. The molecule has 2 aliphatic rings. The van der Waals surface area contributed by atoms with Crippen LogP contribution in [0.1, 0.15) is 18.9 Å². The molecule has 0 spiro atoms. The van der Waals surface area contributed by atoms with Gasteiger partial charge in [0.2, 0.25) is 5.91 Å². The lowest BCUT2D eigenvalue weighted by Crippen LogP contribution is -2.52. The topological polar surface area (TPSA) is 44.8 Å². The largest absolute Gasteiger partial charge is 0.380 e. The van der Waals surface area contributed by atoms with Crippen molar-refractivity contribution in [3.8, 4) is 0 Å². The number of piperazine rings is 1. The molecule has 2 fully saturated rings. The Hall–Kier alpha value is -1.43. The van der Waals surface area contributed by atoms with Crippen molar-refractivity contribution < 1.29 is 9.53 Å². The summed E-state index contributed by atoms with van der Waals surface area (Å²) in [6, 6.07) is 8.67. The van der Waals surface area contributed by atoms with Crippen molar-refractivity contribution in [1.29, 1.82) is 0 Å². The van der Waals surface area contributed by atoms with Crippen molar-refractivity contribution in [3.63, 3.8) is 0 Å². The summed E-state index contributed by atoms with van der Waals surface area (Å²) >= 11 is 0. The van der Waals surface area contributed by atoms with Gasteiger partial charge in [0.25, 0.3) is 0 Å². The molecule has 5 heteroatoms. The molecule has 0 radical (unpaired) electrons. The number of ether oxygens (including phenoxy) is 1. The molecule has 1 N–H and O–H groups in total. The minimum Gasteiger partial charge on any atom is -0.380 e. The third-order valence-electron chi connectivity index (χ3n) is 4.82. The van der Waals surface area contributed by atoms with E-state index in [2.05, 4.69) is 34.2 Å². The third-order valence-corrected chi connectivity index (χ3v) is 4.82. The van der Waals surface area contributed by atoms with Gasteiger partial charge in [0, 0.05) is 44.5 Å². The van der Waals surface area contributed by atoms with Crippen molar-refractivity contribution in [3.05, 3.63) is 29.8 Å². The summed E-state index contributed by atoms with van der Waals surface area (Å²) in [5.41, 5.74) is 2.14. The van der Waals surface area contributed by atoms with Gasteiger partial charge in [-0.2, -0.15) is 0 Å². The molecule has 5 nitrogen and oxygen atoms in total. The van der Waals surface area contributed by atoms with Gasteiger partial charge in [0.1, 0.15) is 0 Å². The van der Waals surface area contributed by atoms with Crippen LogP contribution in [-0.4, -0.2) is 67.7 Å². The van der Waals surface area contributed by atoms with Gasteiger partial charge in [-0.3, -0.25) is 14.6 Å². The van der Waals surface area contributed by atoms with Gasteiger partial charge in [-0.25, -0.2) is 0 Å². The van der Waals surface area contributed by atoms with Crippen LogP contribution in [0.3, 0.4) is 0 Å². The van der Waals surface area contributed by atoms with Gasteiger partial charge in [0.15, 0.2) is 0 Å². The van der Waals surface area contributed by atoms with E-state index in [4.69, 9.17) is 4.74 Å². The maximum atomic E-state index is 12.2. The highest BCUT2D eigenvalue weighted by atomic mass is 16.5. The lowest BCUT2D eigenvalue weighted by molar-refractivity contribution is -0.117. The van der Waals surface area contributed by atoms with E-state index in [9.17, 15) is 4.79 Å². The average molecular weight is 317 g/mol. The van der Waals surface area contributed by atoms with Crippen LogP contribution in [0.4, 0.5) is 5.69 Å². The summed E-state index contributed by atoms with van der Waals surface area (Å²) in [5, 5.41) is 3.02. The number of amides is 1. The van der Waals surface area contributed by atoms with Gasteiger partial charge in [-0.05, 0) is 30.5 Å². The maximum Gasteiger partial charge on any atom is 0.238 e. The second-order valence-corrected chi connectivity index (χ2v) is 6.43. The molecule has 1 aromatic rings. The predicted octanol–water partition coefficient (Wildman–Crippen LogP) is 1.59. The average Bonchev–Trinajstić information content (AvgIpc) is 3.10. The number of carbonyl (C=O) groups is 1. The Balaban J connectivity index is 1.43. The molecule has 2 heterocycles. The van der Waals surface area contributed by atoms with Crippen LogP contribution in [0.25, 0.3) is 0 Å². The molecule has 0 saturated carbocycles. The predicted molar refractivity (Wildman–Crippen MR) is 91.7 cm³/mol. The van der Waals surface area contributed by atoms with E-state index in [-0.39, 0.29) is 5.91 Å². The first-order chi connectivity index (χ1) is 11.2. The number of hydrogen-bond acceptors (Lipinski definition) is 4. The van der Waals surface area contributed by atoms with Crippen LogP contribution in [0, 0.1) is 0 Å². The fourth-order valence-electron chi connectivity index (χ4n) is 3.37. The highest BCUT2D eigenvalue weighted by molar-refractivity contribution is 5.92. The molecule has 2 saturated heterocycles. The Bertz CT molecular complexity index is 521. The van der Waals surface area contributed by atoms with Crippen LogP contribution in [0.15, 0.2) is 24.3 Å². The molecule has 0 bridgehead atoms. The number of nitrogens with one attached hydrogen (secondary N) is 1.